The molecule has 0 spiro atoms. The summed E-state index contributed by atoms with van der Waals surface area (Å²) in [6.45, 7) is 6.82. The van der Waals surface area contributed by atoms with Crippen molar-refractivity contribution >= 4 is 31.6 Å². The Hall–Kier alpha value is -2.49. The van der Waals surface area contributed by atoms with E-state index in [9.17, 15) is 21.6 Å². The lowest BCUT2D eigenvalue weighted by atomic mass is 10.2. The number of benzene rings is 2. The van der Waals surface area contributed by atoms with Crippen LogP contribution in [0.2, 0.25) is 0 Å². The third-order valence-electron chi connectivity index (χ3n) is 3.36. The Labute approximate surface area is 152 Å². The SMILES string of the molecule is C=C(C)C(=O)Nc1ccc(S(=O)(=O)NS(=O)(=O)c2ccc(C)cc2)cc1. The van der Waals surface area contributed by atoms with Gasteiger partial charge in [0.1, 0.15) is 0 Å². The summed E-state index contributed by atoms with van der Waals surface area (Å²) < 4.78 is 50.9. The molecule has 2 rings (SSSR count). The van der Waals surface area contributed by atoms with Crippen molar-refractivity contribution in [3.05, 3.63) is 66.2 Å². The molecule has 2 N–H and O–H groups in total. The fourth-order valence-corrected chi connectivity index (χ4v) is 4.83. The van der Waals surface area contributed by atoms with Crippen LogP contribution in [0.15, 0.2) is 70.5 Å². The Morgan fingerprint density at radius 2 is 1.27 bits per heavy atom. The number of nitrogens with one attached hydrogen (secondary N) is 2. The summed E-state index contributed by atoms with van der Waals surface area (Å²) in [6, 6.07) is 10.9. The molecule has 0 radical (unpaired) electrons. The van der Waals surface area contributed by atoms with Crippen molar-refractivity contribution in [3.8, 4) is 0 Å². The van der Waals surface area contributed by atoms with E-state index in [4.69, 9.17) is 0 Å². The summed E-state index contributed by atoms with van der Waals surface area (Å²) in [7, 11) is -8.55. The molecule has 0 aromatic heterocycles. The second-order valence-electron chi connectivity index (χ2n) is 5.66. The fraction of sp³-hybridized carbons (Fsp3) is 0.118. The largest absolute Gasteiger partial charge is 0.322 e. The van der Waals surface area contributed by atoms with Crippen molar-refractivity contribution in [2.45, 2.75) is 23.6 Å². The van der Waals surface area contributed by atoms with Gasteiger partial charge in [0.25, 0.3) is 26.0 Å². The Morgan fingerprint density at radius 3 is 1.69 bits per heavy atom. The number of anilines is 1. The maximum atomic E-state index is 12.3. The summed E-state index contributed by atoms with van der Waals surface area (Å²) in [5, 5.41) is 2.53. The van der Waals surface area contributed by atoms with Gasteiger partial charge in [0, 0.05) is 11.3 Å². The minimum absolute atomic E-state index is 0.156. The lowest BCUT2D eigenvalue weighted by Gasteiger charge is -2.09. The van der Waals surface area contributed by atoms with Crippen molar-refractivity contribution in [1.29, 1.82) is 0 Å². The summed E-state index contributed by atoms with van der Waals surface area (Å²) in [6.07, 6.45) is 0. The molecule has 0 unspecified atom stereocenters. The Kier molecular flexibility index (Phi) is 5.65. The van der Waals surface area contributed by atoms with Gasteiger partial charge in [-0.25, -0.2) is 16.8 Å². The van der Waals surface area contributed by atoms with Gasteiger partial charge < -0.3 is 5.32 Å². The molecule has 9 heteroatoms. The van der Waals surface area contributed by atoms with Gasteiger partial charge in [-0.05, 0) is 50.2 Å². The topological polar surface area (TPSA) is 109 Å². The number of amides is 1. The predicted molar refractivity (Wildman–Crippen MR) is 98.6 cm³/mol. The first-order chi connectivity index (χ1) is 12.0. The molecule has 1 amide bonds. The van der Waals surface area contributed by atoms with Crippen LogP contribution in [0.3, 0.4) is 0 Å². The molecular formula is C17H18N2O5S2. The van der Waals surface area contributed by atoms with E-state index in [2.05, 4.69) is 11.9 Å². The van der Waals surface area contributed by atoms with Crippen LogP contribution in [0.4, 0.5) is 5.69 Å². The van der Waals surface area contributed by atoms with E-state index in [1.165, 1.54) is 43.3 Å². The number of hydrogen-bond donors (Lipinski definition) is 2. The predicted octanol–water partition coefficient (Wildman–Crippen LogP) is 2.18. The highest BCUT2D eigenvalue weighted by atomic mass is 32.3. The fourth-order valence-electron chi connectivity index (χ4n) is 1.91. The molecule has 2 aromatic rings. The molecule has 26 heavy (non-hydrogen) atoms. The Morgan fingerprint density at radius 1 is 0.846 bits per heavy atom. The molecule has 0 bridgehead atoms. The van der Waals surface area contributed by atoms with E-state index < -0.39 is 26.0 Å². The van der Waals surface area contributed by atoms with E-state index in [1.54, 1.807) is 23.2 Å². The summed E-state index contributed by atoms with van der Waals surface area (Å²) in [5.41, 5.74) is 1.50. The normalized spacial score (nSPS) is 11.8. The number of carbonyl (C=O) groups excluding carboxylic acids is 1. The van der Waals surface area contributed by atoms with Crippen LogP contribution in [-0.2, 0) is 24.8 Å². The lowest BCUT2D eigenvalue weighted by Crippen LogP contribution is -2.30. The molecule has 0 fully saturated rings. The van der Waals surface area contributed by atoms with Gasteiger partial charge in [0.15, 0.2) is 0 Å². The summed E-state index contributed by atoms with van der Waals surface area (Å²) in [4.78, 5) is 11.1. The van der Waals surface area contributed by atoms with E-state index in [0.29, 0.717) is 11.3 Å². The number of rotatable bonds is 6. The average molecular weight is 394 g/mol. The van der Waals surface area contributed by atoms with Crippen LogP contribution in [-0.4, -0.2) is 22.7 Å². The quantitative estimate of drug-likeness (QED) is 0.730. The Bertz CT molecular complexity index is 1040. The van der Waals surface area contributed by atoms with E-state index >= 15 is 0 Å². The highest BCUT2D eigenvalue weighted by molar-refractivity contribution is 8.04. The molecular weight excluding hydrogens is 376 g/mol. The molecule has 0 saturated heterocycles. The van der Waals surface area contributed by atoms with Gasteiger partial charge in [0.2, 0.25) is 0 Å². The van der Waals surface area contributed by atoms with Crippen LogP contribution < -0.4 is 9.44 Å². The molecule has 7 nitrogen and oxygen atoms in total. The van der Waals surface area contributed by atoms with Gasteiger partial charge in [0.05, 0.1) is 9.79 Å². The Balaban J connectivity index is 2.23. The molecule has 0 heterocycles. The highest BCUT2D eigenvalue weighted by Crippen LogP contribution is 2.17. The highest BCUT2D eigenvalue weighted by Gasteiger charge is 2.24. The third kappa shape index (κ3) is 4.78. The number of carbonyl (C=O) groups is 1. The van der Waals surface area contributed by atoms with Crippen molar-refractivity contribution in [2.24, 2.45) is 0 Å². The van der Waals surface area contributed by atoms with Gasteiger partial charge in [-0.3, -0.25) is 4.79 Å². The third-order valence-corrected chi connectivity index (χ3v) is 6.90. The monoisotopic (exact) mass is 394 g/mol. The first-order valence-corrected chi connectivity index (χ1v) is 10.4. The summed E-state index contributed by atoms with van der Waals surface area (Å²) >= 11 is 0. The number of sulfonamides is 2. The first kappa shape index (κ1) is 19.8. The van der Waals surface area contributed by atoms with E-state index in [1.807, 2.05) is 0 Å². The zero-order valence-electron chi connectivity index (χ0n) is 14.2. The lowest BCUT2D eigenvalue weighted by molar-refractivity contribution is -0.112. The molecule has 0 saturated carbocycles. The molecule has 2 aromatic carbocycles. The second kappa shape index (κ2) is 7.40. The average Bonchev–Trinajstić information content (AvgIpc) is 2.54. The molecule has 0 atom stereocenters. The van der Waals surface area contributed by atoms with Crippen molar-refractivity contribution in [2.75, 3.05) is 5.32 Å². The van der Waals surface area contributed by atoms with Crippen molar-refractivity contribution < 1.29 is 21.6 Å². The van der Waals surface area contributed by atoms with Crippen LogP contribution in [0.5, 0.6) is 0 Å². The molecule has 138 valence electrons. The molecule has 0 aliphatic carbocycles. The number of hydrogen-bond acceptors (Lipinski definition) is 5. The maximum absolute atomic E-state index is 12.3. The smallest absolute Gasteiger partial charge is 0.253 e. The van der Waals surface area contributed by atoms with Crippen LogP contribution in [0.25, 0.3) is 0 Å². The number of aryl methyl sites for hydroxylation is 1. The van der Waals surface area contributed by atoms with Crippen LogP contribution in [0, 0.1) is 6.92 Å². The first-order valence-electron chi connectivity index (χ1n) is 7.43. The zero-order chi connectivity index (χ0) is 19.5. The summed E-state index contributed by atoms with van der Waals surface area (Å²) in [5.74, 6) is -0.402. The van der Waals surface area contributed by atoms with Gasteiger partial charge >= 0.3 is 0 Å². The van der Waals surface area contributed by atoms with Gasteiger partial charge in [-0.1, -0.05) is 24.3 Å². The maximum Gasteiger partial charge on any atom is 0.253 e. The van der Waals surface area contributed by atoms with E-state index in [-0.39, 0.29) is 9.79 Å². The van der Waals surface area contributed by atoms with Crippen LogP contribution >= 0.6 is 0 Å². The van der Waals surface area contributed by atoms with Crippen molar-refractivity contribution in [3.63, 3.8) is 0 Å². The van der Waals surface area contributed by atoms with Gasteiger partial charge in [-0.15, -0.1) is 4.13 Å². The van der Waals surface area contributed by atoms with E-state index in [0.717, 1.165) is 5.56 Å². The zero-order valence-corrected chi connectivity index (χ0v) is 15.8. The minimum Gasteiger partial charge on any atom is -0.322 e. The second-order valence-corrected chi connectivity index (χ2v) is 9.29. The standard InChI is InChI=1S/C17H18N2O5S2/c1-12(2)17(20)18-14-6-10-16(11-7-14)26(23,24)19-25(21,22)15-8-4-13(3)5-9-15/h4-11,19H,1H2,2-3H3,(H,18,20). The molecule has 0 aliphatic heterocycles. The van der Waals surface area contributed by atoms with Crippen molar-refractivity contribution in [1.82, 2.24) is 4.13 Å². The minimum atomic E-state index is -4.31. The van der Waals surface area contributed by atoms with Crippen LogP contribution in [0.1, 0.15) is 12.5 Å². The molecule has 0 aliphatic rings. The van der Waals surface area contributed by atoms with Gasteiger partial charge in [-0.2, -0.15) is 0 Å².